The summed E-state index contributed by atoms with van der Waals surface area (Å²) in [6.45, 7) is 1.81. The Morgan fingerprint density at radius 1 is 1.03 bits per heavy atom. The van der Waals surface area contributed by atoms with Crippen molar-refractivity contribution in [3.05, 3.63) is 89.7 Å². The van der Waals surface area contributed by atoms with Crippen LogP contribution in [0.2, 0.25) is 0 Å². The normalized spacial score (nSPS) is 15.8. The monoisotopic (exact) mass is 410 g/mol. The first-order valence-corrected chi connectivity index (χ1v) is 10.6. The van der Waals surface area contributed by atoms with Crippen LogP contribution in [0.25, 0.3) is 0 Å². The van der Waals surface area contributed by atoms with Gasteiger partial charge in [0, 0.05) is 17.3 Å². The number of carbonyl (C=O) groups excluding carboxylic acids is 1. The van der Waals surface area contributed by atoms with Gasteiger partial charge >= 0.3 is 0 Å². The van der Waals surface area contributed by atoms with Gasteiger partial charge in [0.05, 0.1) is 10.6 Å². The Hall–Kier alpha value is -3.19. The third kappa shape index (κ3) is 3.61. The maximum absolute atomic E-state index is 13.2. The third-order valence-electron chi connectivity index (χ3n) is 4.90. The van der Waals surface area contributed by atoms with Crippen molar-refractivity contribution in [2.45, 2.75) is 24.3 Å². The molecule has 1 atom stereocenters. The largest absolute Gasteiger partial charge is 0.322 e. The van der Waals surface area contributed by atoms with Gasteiger partial charge in [0.2, 0.25) is 0 Å². The summed E-state index contributed by atoms with van der Waals surface area (Å²) in [7, 11) is -3.83. The molecule has 0 aromatic heterocycles. The van der Waals surface area contributed by atoms with E-state index in [1.54, 1.807) is 30.3 Å². The van der Waals surface area contributed by atoms with Gasteiger partial charge < -0.3 is 5.32 Å². The Morgan fingerprint density at radius 2 is 1.72 bits per heavy atom. The average molecular weight is 410 g/mol. The number of benzene rings is 3. The van der Waals surface area contributed by atoms with E-state index in [0.29, 0.717) is 23.4 Å². The molecule has 5 nitrogen and oxygen atoms in total. The molecule has 1 heterocycles. The molecule has 0 bridgehead atoms. The van der Waals surface area contributed by atoms with Crippen LogP contribution in [-0.2, 0) is 16.4 Å². The number of nitrogens with one attached hydrogen (secondary N) is 1. The van der Waals surface area contributed by atoms with E-state index in [9.17, 15) is 17.6 Å². The molecule has 0 spiro atoms. The average Bonchev–Trinajstić information content (AvgIpc) is 3.04. The Morgan fingerprint density at radius 3 is 2.41 bits per heavy atom. The van der Waals surface area contributed by atoms with Crippen molar-refractivity contribution in [3.8, 4) is 0 Å². The molecule has 29 heavy (non-hydrogen) atoms. The molecule has 1 aliphatic rings. The highest BCUT2D eigenvalue weighted by Gasteiger charge is 2.36. The van der Waals surface area contributed by atoms with Crippen molar-refractivity contribution in [2.75, 3.05) is 9.62 Å². The van der Waals surface area contributed by atoms with Crippen molar-refractivity contribution in [2.24, 2.45) is 0 Å². The lowest BCUT2D eigenvalue weighted by Crippen LogP contribution is -2.35. The molecule has 3 aromatic carbocycles. The quantitative estimate of drug-likeness (QED) is 0.700. The first-order valence-electron chi connectivity index (χ1n) is 9.15. The number of anilines is 2. The second-order valence-corrected chi connectivity index (χ2v) is 8.79. The Balaban J connectivity index is 1.64. The van der Waals surface area contributed by atoms with E-state index in [4.69, 9.17) is 0 Å². The number of para-hydroxylation sites is 1. The Labute approximate surface area is 168 Å². The van der Waals surface area contributed by atoms with E-state index >= 15 is 0 Å². The van der Waals surface area contributed by atoms with Gasteiger partial charge in [-0.3, -0.25) is 9.10 Å². The van der Waals surface area contributed by atoms with Crippen LogP contribution in [0.3, 0.4) is 0 Å². The molecule has 0 radical (unpaired) electrons. The Kier molecular flexibility index (Phi) is 4.84. The molecule has 0 fully saturated rings. The minimum absolute atomic E-state index is 0.0319. The maximum Gasteiger partial charge on any atom is 0.264 e. The molecule has 1 aliphatic heterocycles. The standard InChI is InChI=1S/C22H19FN2O3S/c1-15-13-17-14-16(22(26)24-19-5-3-2-4-6-19)7-12-21(17)25(15)29(27,28)20-10-8-18(23)9-11-20/h2-12,14-15H,13H2,1H3,(H,24,26)/t15-/m1/s1. The van der Waals surface area contributed by atoms with Crippen LogP contribution in [0.15, 0.2) is 77.7 Å². The number of amides is 1. The number of hydrogen-bond donors (Lipinski definition) is 1. The van der Waals surface area contributed by atoms with Crippen molar-refractivity contribution >= 4 is 27.3 Å². The van der Waals surface area contributed by atoms with Crippen molar-refractivity contribution < 1.29 is 17.6 Å². The number of rotatable bonds is 4. The number of carbonyl (C=O) groups is 1. The van der Waals surface area contributed by atoms with E-state index in [2.05, 4.69) is 5.32 Å². The SMILES string of the molecule is C[C@@H]1Cc2cc(C(=O)Nc3ccccc3)ccc2N1S(=O)(=O)c1ccc(F)cc1. The van der Waals surface area contributed by atoms with Crippen LogP contribution in [-0.4, -0.2) is 20.4 Å². The number of fused-ring (bicyclic) bond motifs is 1. The summed E-state index contributed by atoms with van der Waals surface area (Å²) in [4.78, 5) is 12.6. The van der Waals surface area contributed by atoms with E-state index in [1.807, 2.05) is 25.1 Å². The molecule has 0 aliphatic carbocycles. The van der Waals surface area contributed by atoms with Crippen LogP contribution in [0, 0.1) is 5.82 Å². The number of sulfonamides is 1. The molecule has 1 N–H and O–H groups in total. The van der Waals surface area contributed by atoms with Crippen molar-refractivity contribution in [3.63, 3.8) is 0 Å². The summed E-state index contributed by atoms with van der Waals surface area (Å²) < 4.78 is 40.7. The lowest BCUT2D eigenvalue weighted by molar-refractivity contribution is 0.102. The molecule has 3 aromatic rings. The highest BCUT2D eigenvalue weighted by atomic mass is 32.2. The maximum atomic E-state index is 13.2. The second-order valence-electron chi connectivity index (χ2n) is 6.97. The molecule has 7 heteroatoms. The predicted octanol–water partition coefficient (Wildman–Crippen LogP) is 4.22. The zero-order chi connectivity index (χ0) is 20.6. The number of halogens is 1. The molecule has 0 unspecified atom stereocenters. The van der Waals surface area contributed by atoms with Gasteiger partial charge in [0.25, 0.3) is 15.9 Å². The molecular formula is C22H19FN2O3S. The summed E-state index contributed by atoms with van der Waals surface area (Å²) in [6, 6.07) is 18.6. The van der Waals surface area contributed by atoms with Crippen molar-refractivity contribution in [1.82, 2.24) is 0 Å². The topological polar surface area (TPSA) is 66.5 Å². The summed E-state index contributed by atoms with van der Waals surface area (Å²) in [5, 5.41) is 2.83. The van der Waals surface area contributed by atoms with Gasteiger partial charge in [-0.05, 0) is 73.5 Å². The minimum atomic E-state index is -3.83. The predicted molar refractivity (Wildman–Crippen MR) is 110 cm³/mol. The smallest absolute Gasteiger partial charge is 0.264 e. The number of nitrogens with zero attached hydrogens (tertiary/aromatic N) is 1. The Bertz CT molecular complexity index is 1160. The van der Waals surface area contributed by atoms with Gasteiger partial charge in [-0.15, -0.1) is 0 Å². The van der Waals surface area contributed by atoms with Gasteiger partial charge in [0.1, 0.15) is 5.82 Å². The fourth-order valence-corrected chi connectivity index (χ4v) is 5.25. The van der Waals surface area contributed by atoms with Gasteiger partial charge in [-0.1, -0.05) is 18.2 Å². The van der Waals surface area contributed by atoms with Gasteiger partial charge in [0.15, 0.2) is 0 Å². The summed E-state index contributed by atoms with van der Waals surface area (Å²) >= 11 is 0. The molecule has 0 saturated heterocycles. The molecule has 1 amide bonds. The summed E-state index contributed by atoms with van der Waals surface area (Å²) in [5.41, 5.74) is 2.47. The van der Waals surface area contributed by atoms with Gasteiger partial charge in [-0.25, -0.2) is 12.8 Å². The van der Waals surface area contributed by atoms with E-state index in [1.165, 1.54) is 16.4 Å². The molecule has 0 saturated carbocycles. The lowest BCUT2D eigenvalue weighted by Gasteiger charge is -2.24. The fraction of sp³-hybridized carbons (Fsp3) is 0.136. The minimum Gasteiger partial charge on any atom is -0.322 e. The molecule has 148 valence electrons. The summed E-state index contributed by atoms with van der Waals surface area (Å²) in [5.74, 6) is -0.751. The van der Waals surface area contributed by atoms with E-state index in [-0.39, 0.29) is 16.8 Å². The highest BCUT2D eigenvalue weighted by Crippen LogP contribution is 2.37. The fourth-order valence-electron chi connectivity index (χ4n) is 3.56. The molecular weight excluding hydrogens is 391 g/mol. The van der Waals surface area contributed by atoms with Crippen LogP contribution in [0.5, 0.6) is 0 Å². The second kappa shape index (κ2) is 7.33. The number of hydrogen-bond acceptors (Lipinski definition) is 3. The van der Waals surface area contributed by atoms with Crippen LogP contribution >= 0.6 is 0 Å². The third-order valence-corrected chi connectivity index (χ3v) is 6.84. The zero-order valence-corrected chi connectivity index (χ0v) is 16.5. The van der Waals surface area contributed by atoms with E-state index < -0.39 is 15.8 Å². The van der Waals surface area contributed by atoms with Crippen molar-refractivity contribution in [1.29, 1.82) is 0 Å². The summed E-state index contributed by atoms with van der Waals surface area (Å²) in [6.07, 6.45) is 0.488. The zero-order valence-electron chi connectivity index (χ0n) is 15.7. The molecule has 4 rings (SSSR count). The van der Waals surface area contributed by atoms with Crippen LogP contribution < -0.4 is 9.62 Å². The first kappa shape index (κ1) is 19.1. The van der Waals surface area contributed by atoms with Gasteiger partial charge in [-0.2, -0.15) is 0 Å². The van der Waals surface area contributed by atoms with E-state index in [0.717, 1.165) is 17.7 Å². The van der Waals surface area contributed by atoms with Crippen LogP contribution in [0.1, 0.15) is 22.8 Å². The first-order chi connectivity index (χ1) is 13.9. The lowest BCUT2D eigenvalue weighted by atomic mass is 10.1. The van der Waals surface area contributed by atoms with Crippen LogP contribution in [0.4, 0.5) is 15.8 Å². The highest BCUT2D eigenvalue weighted by molar-refractivity contribution is 7.92.